The summed E-state index contributed by atoms with van der Waals surface area (Å²) in [5.41, 5.74) is 9.36. The molecule has 0 bridgehead atoms. The molecule has 0 unspecified atom stereocenters. The van der Waals surface area contributed by atoms with E-state index in [1.165, 1.54) is 6.33 Å². The minimum Gasteiger partial charge on any atom is -0.459 e. The maximum Gasteiger partial charge on any atom is 0.365 e. The fourth-order valence-electron chi connectivity index (χ4n) is 1.81. The summed E-state index contributed by atoms with van der Waals surface area (Å²) in [4.78, 5) is 33.6. The molecule has 2 aromatic heterocycles. The van der Waals surface area contributed by atoms with Crippen LogP contribution in [-0.2, 0) is 21.0 Å². The maximum atomic E-state index is 11.6. The highest BCUT2D eigenvalue weighted by molar-refractivity contribution is 5.74. The molecule has 0 aromatic carbocycles. The SMILES string of the molecule is CC(C)[C@H]([NH3+])C(=O)OCCOCn1cnc2c(=O)[nH]c(N)nc21. The molecule has 1 atom stereocenters. The van der Waals surface area contributed by atoms with E-state index in [1.807, 2.05) is 13.8 Å². The number of carbonyl (C=O) groups excluding carboxylic acids is 1. The second-order valence-electron chi connectivity index (χ2n) is 5.39. The van der Waals surface area contributed by atoms with Gasteiger partial charge in [-0.3, -0.25) is 14.3 Å². The van der Waals surface area contributed by atoms with Crippen molar-refractivity contribution in [1.29, 1.82) is 0 Å². The van der Waals surface area contributed by atoms with E-state index in [0.717, 1.165) is 0 Å². The predicted octanol–water partition coefficient (Wildman–Crippen LogP) is -1.51. The Morgan fingerprint density at radius 1 is 1.48 bits per heavy atom. The van der Waals surface area contributed by atoms with E-state index in [-0.39, 0.29) is 43.3 Å². The number of hydrogen-bond donors (Lipinski definition) is 3. The van der Waals surface area contributed by atoms with Crippen LogP contribution >= 0.6 is 0 Å². The van der Waals surface area contributed by atoms with E-state index in [1.54, 1.807) is 4.57 Å². The molecule has 23 heavy (non-hydrogen) atoms. The van der Waals surface area contributed by atoms with Gasteiger partial charge in [-0.15, -0.1) is 0 Å². The molecule has 6 N–H and O–H groups in total. The molecule has 0 radical (unpaired) electrons. The van der Waals surface area contributed by atoms with Crippen LogP contribution in [0.15, 0.2) is 11.1 Å². The normalized spacial score (nSPS) is 12.7. The Bertz CT molecular complexity index is 738. The Morgan fingerprint density at radius 3 is 2.91 bits per heavy atom. The molecule has 0 aliphatic carbocycles. The van der Waals surface area contributed by atoms with Gasteiger partial charge in [-0.1, -0.05) is 13.8 Å². The minimum absolute atomic E-state index is 0.00773. The molecule has 10 nitrogen and oxygen atoms in total. The Hall–Kier alpha value is -2.46. The number of aromatic amines is 1. The standard InChI is InChI=1S/C13H20N6O4/c1-7(2)8(14)12(21)23-4-3-22-6-19-5-16-9-10(19)17-13(15)18-11(9)20/h5,7-8H,3-4,6,14H2,1-2H3,(H3,15,17,18,20)/p+1/t8-/m0/s1. The minimum atomic E-state index is -0.407. The van der Waals surface area contributed by atoms with Crippen molar-refractivity contribution >= 4 is 23.1 Å². The number of ether oxygens (including phenoxy) is 2. The zero-order chi connectivity index (χ0) is 17.0. The lowest BCUT2D eigenvalue weighted by atomic mass is 10.1. The summed E-state index contributed by atoms with van der Waals surface area (Å²) >= 11 is 0. The van der Waals surface area contributed by atoms with Crippen molar-refractivity contribution in [2.45, 2.75) is 26.6 Å². The summed E-state index contributed by atoms with van der Waals surface area (Å²) in [6.07, 6.45) is 1.43. The molecule has 0 spiro atoms. The number of aromatic nitrogens is 4. The molecule has 2 rings (SSSR count). The lowest BCUT2D eigenvalue weighted by molar-refractivity contribution is -0.418. The molecule has 2 aromatic rings. The van der Waals surface area contributed by atoms with Gasteiger partial charge < -0.3 is 20.9 Å². The van der Waals surface area contributed by atoms with Crippen molar-refractivity contribution in [3.05, 3.63) is 16.7 Å². The number of anilines is 1. The average molecular weight is 325 g/mol. The summed E-state index contributed by atoms with van der Waals surface area (Å²) in [6.45, 7) is 4.25. The predicted molar refractivity (Wildman–Crippen MR) is 81.0 cm³/mol. The highest BCUT2D eigenvalue weighted by atomic mass is 16.6. The zero-order valence-corrected chi connectivity index (χ0v) is 13.1. The third kappa shape index (κ3) is 4.05. The second kappa shape index (κ2) is 7.20. The average Bonchev–Trinajstić information content (AvgIpc) is 2.89. The Morgan fingerprint density at radius 2 is 2.22 bits per heavy atom. The van der Waals surface area contributed by atoms with Crippen LogP contribution in [0.2, 0.25) is 0 Å². The van der Waals surface area contributed by atoms with Gasteiger partial charge in [0.05, 0.1) is 12.9 Å². The highest BCUT2D eigenvalue weighted by Gasteiger charge is 2.22. The number of rotatable bonds is 7. The fraction of sp³-hybridized carbons (Fsp3) is 0.538. The number of nitrogens with zero attached hydrogens (tertiary/aromatic N) is 3. The number of nitrogens with one attached hydrogen (secondary N) is 1. The van der Waals surface area contributed by atoms with Gasteiger partial charge in [-0.2, -0.15) is 4.98 Å². The second-order valence-corrected chi connectivity index (χ2v) is 5.39. The smallest absolute Gasteiger partial charge is 0.365 e. The van der Waals surface area contributed by atoms with Crippen molar-refractivity contribution in [3.8, 4) is 0 Å². The van der Waals surface area contributed by atoms with Gasteiger partial charge in [0.25, 0.3) is 5.56 Å². The van der Waals surface area contributed by atoms with E-state index in [4.69, 9.17) is 15.2 Å². The first kappa shape index (κ1) is 16.9. The molecule has 0 amide bonds. The molecule has 126 valence electrons. The first-order chi connectivity index (χ1) is 10.9. The molecule has 2 heterocycles. The van der Waals surface area contributed by atoms with E-state index in [9.17, 15) is 9.59 Å². The largest absolute Gasteiger partial charge is 0.459 e. The molecular weight excluding hydrogens is 304 g/mol. The number of nitrogens with two attached hydrogens (primary N) is 1. The fourth-order valence-corrected chi connectivity index (χ4v) is 1.81. The summed E-state index contributed by atoms with van der Waals surface area (Å²) < 4.78 is 12.0. The topological polar surface area (TPSA) is 153 Å². The van der Waals surface area contributed by atoms with Crippen LogP contribution in [0.25, 0.3) is 11.2 Å². The summed E-state index contributed by atoms with van der Waals surface area (Å²) in [5, 5.41) is 0. The van der Waals surface area contributed by atoms with Crippen molar-refractivity contribution in [2.24, 2.45) is 5.92 Å². The summed E-state index contributed by atoms with van der Waals surface area (Å²) in [5.74, 6) is -0.221. The number of nitrogen functional groups attached to an aromatic ring is 1. The molecule has 0 aliphatic heterocycles. The van der Waals surface area contributed by atoms with Gasteiger partial charge in [0.1, 0.15) is 13.3 Å². The van der Waals surface area contributed by atoms with Crippen molar-refractivity contribution in [2.75, 3.05) is 18.9 Å². The Labute approximate surface area is 131 Å². The Balaban J connectivity index is 1.84. The lowest BCUT2D eigenvalue weighted by Gasteiger charge is -2.11. The van der Waals surface area contributed by atoms with Gasteiger partial charge in [-0.05, 0) is 0 Å². The van der Waals surface area contributed by atoms with Crippen molar-refractivity contribution < 1.29 is 20.0 Å². The number of quaternary nitrogens is 1. The van der Waals surface area contributed by atoms with Crippen LogP contribution in [0, 0.1) is 5.92 Å². The first-order valence-electron chi connectivity index (χ1n) is 7.18. The zero-order valence-electron chi connectivity index (χ0n) is 13.1. The van der Waals surface area contributed by atoms with Crippen molar-refractivity contribution in [1.82, 2.24) is 19.5 Å². The van der Waals surface area contributed by atoms with Crippen LogP contribution in [0.3, 0.4) is 0 Å². The van der Waals surface area contributed by atoms with E-state index >= 15 is 0 Å². The highest BCUT2D eigenvalue weighted by Crippen LogP contribution is 2.06. The van der Waals surface area contributed by atoms with Crippen LogP contribution in [0.5, 0.6) is 0 Å². The number of imidazole rings is 1. The van der Waals surface area contributed by atoms with E-state index in [0.29, 0.717) is 5.65 Å². The van der Waals surface area contributed by atoms with Crippen LogP contribution in [0.1, 0.15) is 13.8 Å². The first-order valence-corrected chi connectivity index (χ1v) is 7.18. The third-order valence-electron chi connectivity index (χ3n) is 3.30. The molecular formula is C13H21N6O4+. The van der Waals surface area contributed by atoms with Crippen LogP contribution < -0.4 is 17.0 Å². The summed E-state index contributed by atoms with van der Waals surface area (Å²) in [6, 6.07) is -0.397. The molecule has 10 heteroatoms. The molecule has 0 saturated heterocycles. The number of fused-ring (bicyclic) bond motifs is 1. The van der Waals surface area contributed by atoms with Gasteiger partial charge in [0.15, 0.2) is 17.2 Å². The molecule has 0 aliphatic rings. The lowest BCUT2D eigenvalue weighted by Crippen LogP contribution is -2.67. The van der Waals surface area contributed by atoms with Crippen LogP contribution in [0.4, 0.5) is 5.95 Å². The van der Waals surface area contributed by atoms with Crippen molar-refractivity contribution in [3.63, 3.8) is 0 Å². The van der Waals surface area contributed by atoms with E-state index in [2.05, 4.69) is 20.7 Å². The molecule has 0 saturated carbocycles. The summed E-state index contributed by atoms with van der Waals surface area (Å²) in [7, 11) is 0. The number of H-pyrrole nitrogens is 1. The van der Waals surface area contributed by atoms with Gasteiger partial charge >= 0.3 is 5.97 Å². The number of esters is 1. The quantitative estimate of drug-likeness (QED) is 0.413. The molecule has 0 fully saturated rings. The maximum absolute atomic E-state index is 11.6. The number of carbonyl (C=O) groups is 1. The monoisotopic (exact) mass is 325 g/mol. The van der Waals surface area contributed by atoms with E-state index < -0.39 is 11.6 Å². The third-order valence-corrected chi connectivity index (χ3v) is 3.30. The Kier molecular flexibility index (Phi) is 5.29. The van der Waals surface area contributed by atoms with Crippen LogP contribution in [-0.4, -0.2) is 44.7 Å². The van der Waals surface area contributed by atoms with Gasteiger partial charge in [-0.25, -0.2) is 9.78 Å². The van der Waals surface area contributed by atoms with Gasteiger partial charge in [0, 0.05) is 5.92 Å². The van der Waals surface area contributed by atoms with Gasteiger partial charge in [0.2, 0.25) is 5.95 Å². The number of hydrogen-bond acceptors (Lipinski definition) is 7.